The van der Waals surface area contributed by atoms with E-state index >= 15 is 0 Å². The van der Waals surface area contributed by atoms with Crippen LogP contribution in [0.1, 0.15) is 33.9 Å². The van der Waals surface area contributed by atoms with Crippen LogP contribution in [0, 0.1) is 0 Å². The van der Waals surface area contributed by atoms with Crippen LogP contribution in [0.25, 0.3) is 0 Å². The molecule has 3 aromatic rings. The predicted molar refractivity (Wildman–Crippen MR) is 110 cm³/mol. The Bertz CT molecular complexity index is 1020. The van der Waals surface area contributed by atoms with E-state index < -0.39 is 6.04 Å². The molecule has 1 aliphatic heterocycles. The van der Waals surface area contributed by atoms with Gasteiger partial charge in [0.25, 0.3) is 5.91 Å². The van der Waals surface area contributed by atoms with Gasteiger partial charge in [0.1, 0.15) is 5.75 Å². The van der Waals surface area contributed by atoms with Crippen molar-refractivity contribution in [3.8, 4) is 5.75 Å². The summed E-state index contributed by atoms with van der Waals surface area (Å²) in [6.07, 6.45) is 3.38. The Morgan fingerprint density at radius 2 is 1.93 bits per heavy atom. The predicted octanol–water partition coefficient (Wildman–Crippen LogP) is 3.82. The van der Waals surface area contributed by atoms with Gasteiger partial charge in [-0.2, -0.15) is 0 Å². The van der Waals surface area contributed by atoms with Crippen molar-refractivity contribution in [3.05, 3.63) is 89.7 Å². The van der Waals surface area contributed by atoms with Gasteiger partial charge in [0.05, 0.1) is 31.5 Å². The van der Waals surface area contributed by atoms with Gasteiger partial charge in [-0.15, -0.1) is 0 Å². The Morgan fingerprint density at radius 3 is 2.62 bits per heavy atom. The van der Waals surface area contributed by atoms with E-state index in [1.807, 2.05) is 48.5 Å². The van der Waals surface area contributed by atoms with Crippen LogP contribution >= 0.6 is 0 Å². The second kappa shape index (κ2) is 8.14. The first-order valence-corrected chi connectivity index (χ1v) is 9.38. The molecule has 4 rings (SSSR count). The maximum Gasteiger partial charge on any atom is 0.255 e. The van der Waals surface area contributed by atoms with Crippen LogP contribution < -0.4 is 10.1 Å². The van der Waals surface area contributed by atoms with Gasteiger partial charge < -0.3 is 15.0 Å². The molecule has 29 heavy (non-hydrogen) atoms. The van der Waals surface area contributed by atoms with Crippen LogP contribution in [0.2, 0.25) is 0 Å². The normalized spacial score (nSPS) is 13.7. The van der Waals surface area contributed by atoms with Crippen molar-refractivity contribution in [3.63, 3.8) is 0 Å². The number of carbonyl (C=O) groups is 2. The molecule has 1 N–H and O–H groups in total. The number of amides is 2. The molecule has 0 spiro atoms. The minimum absolute atomic E-state index is 0.0596. The van der Waals surface area contributed by atoms with E-state index in [1.54, 1.807) is 36.5 Å². The molecule has 0 bridgehead atoms. The van der Waals surface area contributed by atoms with E-state index in [0.717, 1.165) is 16.9 Å². The number of nitrogens with zero attached hydrogens (tertiary/aromatic N) is 2. The summed E-state index contributed by atoms with van der Waals surface area (Å²) in [6, 6.07) is 18.2. The number of ether oxygens (including phenoxy) is 1. The number of nitrogens with one attached hydrogen (secondary N) is 1. The molecule has 1 atom stereocenters. The second-order valence-corrected chi connectivity index (χ2v) is 6.87. The number of fused-ring (bicyclic) bond motifs is 1. The maximum atomic E-state index is 13.0. The van der Waals surface area contributed by atoms with Crippen LogP contribution in [0.4, 0.5) is 5.69 Å². The molecule has 2 amide bonds. The zero-order valence-electron chi connectivity index (χ0n) is 16.0. The van der Waals surface area contributed by atoms with Gasteiger partial charge in [-0.05, 0) is 41.5 Å². The molecule has 1 aromatic heterocycles. The first-order valence-electron chi connectivity index (χ1n) is 9.38. The summed E-state index contributed by atoms with van der Waals surface area (Å²) >= 11 is 0. The molecular formula is C23H21N3O3. The summed E-state index contributed by atoms with van der Waals surface area (Å²) in [5, 5.41) is 2.86. The minimum Gasteiger partial charge on any atom is -0.497 e. The van der Waals surface area contributed by atoms with Gasteiger partial charge in [-0.3, -0.25) is 14.6 Å². The standard InChI is InChI=1S/C23H21N3O3/c1-29-19-10-8-16(9-11-19)21(13-22(27)25-18-6-4-12-24-14-18)26-15-17-5-2-3-7-20(17)23(26)28/h2-12,14,21H,13,15H2,1H3,(H,25,27)/t21-/m1/s1. The van der Waals surface area contributed by atoms with Gasteiger partial charge in [0, 0.05) is 18.3 Å². The lowest BCUT2D eigenvalue weighted by atomic mass is 10.0. The summed E-state index contributed by atoms with van der Waals surface area (Å²) in [6.45, 7) is 0.478. The smallest absolute Gasteiger partial charge is 0.255 e. The third-order valence-corrected chi connectivity index (χ3v) is 5.05. The number of pyridine rings is 1. The highest BCUT2D eigenvalue weighted by atomic mass is 16.5. The summed E-state index contributed by atoms with van der Waals surface area (Å²) in [5.74, 6) is 0.488. The highest BCUT2D eigenvalue weighted by Crippen LogP contribution is 2.34. The Labute approximate surface area is 169 Å². The average molecular weight is 387 g/mol. The minimum atomic E-state index is -0.391. The topological polar surface area (TPSA) is 71.5 Å². The molecule has 2 heterocycles. The van der Waals surface area contributed by atoms with E-state index in [9.17, 15) is 9.59 Å². The van der Waals surface area contributed by atoms with Crippen LogP contribution in [0.3, 0.4) is 0 Å². The summed E-state index contributed by atoms with van der Waals surface area (Å²) in [4.78, 5) is 31.6. The third-order valence-electron chi connectivity index (χ3n) is 5.05. The van der Waals surface area contributed by atoms with Crippen molar-refractivity contribution in [1.82, 2.24) is 9.88 Å². The molecule has 0 aliphatic carbocycles. The van der Waals surface area contributed by atoms with Gasteiger partial charge in [0.15, 0.2) is 0 Å². The largest absolute Gasteiger partial charge is 0.497 e. The Morgan fingerprint density at radius 1 is 1.14 bits per heavy atom. The molecule has 146 valence electrons. The summed E-state index contributed by atoms with van der Waals surface area (Å²) in [5.41, 5.74) is 3.18. The molecule has 6 nitrogen and oxygen atoms in total. The van der Waals surface area contributed by atoms with E-state index in [1.165, 1.54) is 0 Å². The highest BCUT2D eigenvalue weighted by Gasteiger charge is 2.34. The molecule has 2 aromatic carbocycles. The van der Waals surface area contributed by atoms with Crippen molar-refractivity contribution in [2.75, 3.05) is 12.4 Å². The van der Waals surface area contributed by atoms with E-state index in [4.69, 9.17) is 4.74 Å². The van der Waals surface area contributed by atoms with Gasteiger partial charge >= 0.3 is 0 Å². The van der Waals surface area contributed by atoms with Crippen molar-refractivity contribution in [2.45, 2.75) is 19.0 Å². The Balaban J connectivity index is 1.61. The average Bonchev–Trinajstić information content (AvgIpc) is 3.09. The monoisotopic (exact) mass is 387 g/mol. The van der Waals surface area contributed by atoms with Gasteiger partial charge in [-0.25, -0.2) is 0 Å². The quantitative estimate of drug-likeness (QED) is 0.698. The number of hydrogen-bond donors (Lipinski definition) is 1. The number of rotatable bonds is 6. The number of hydrogen-bond acceptors (Lipinski definition) is 4. The maximum absolute atomic E-state index is 13.0. The van der Waals surface area contributed by atoms with Crippen LogP contribution in [0.15, 0.2) is 73.1 Å². The zero-order chi connectivity index (χ0) is 20.2. The van der Waals surface area contributed by atoms with E-state index in [2.05, 4.69) is 10.3 Å². The molecule has 0 radical (unpaired) electrons. The molecule has 1 aliphatic rings. The van der Waals surface area contributed by atoms with Crippen molar-refractivity contribution in [2.24, 2.45) is 0 Å². The van der Waals surface area contributed by atoms with Crippen LogP contribution in [-0.4, -0.2) is 28.8 Å². The lowest BCUT2D eigenvalue weighted by molar-refractivity contribution is -0.117. The Hall–Kier alpha value is -3.67. The van der Waals surface area contributed by atoms with E-state index in [-0.39, 0.29) is 18.2 Å². The first-order chi connectivity index (χ1) is 14.2. The summed E-state index contributed by atoms with van der Waals surface area (Å²) in [7, 11) is 1.61. The van der Waals surface area contributed by atoms with Crippen molar-refractivity contribution < 1.29 is 14.3 Å². The first kappa shape index (κ1) is 18.7. The number of anilines is 1. The molecule has 6 heteroatoms. The fourth-order valence-electron chi connectivity index (χ4n) is 3.59. The molecule has 0 fully saturated rings. The third kappa shape index (κ3) is 3.96. The molecular weight excluding hydrogens is 366 g/mol. The molecule has 0 saturated carbocycles. The zero-order valence-corrected chi connectivity index (χ0v) is 16.0. The fraction of sp³-hybridized carbons (Fsp3) is 0.174. The number of aromatic nitrogens is 1. The second-order valence-electron chi connectivity index (χ2n) is 6.87. The SMILES string of the molecule is COc1ccc([C@@H](CC(=O)Nc2cccnc2)N2Cc3ccccc3C2=O)cc1. The lowest BCUT2D eigenvalue weighted by Gasteiger charge is -2.28. The van der Waals surface area contributed by atoms with Gasteiger partial charge in [0.2, 0.25) is 5.91 Å². The molecule has 0 unspecified atom stereocenters. The molecule has 0 saturated heterocycles. The van der Waals surface area contributed by atoms with Crippen molar-refractivity contribution >= 4 is 17.5 Å². The van der Waals surface area contributed by atoms with Gasteiger partial charge in [-0.1, -0.05) is 30.3 Å². The van der Waals surface area contributed by atoms with E-state index in [0.29, 0.717) is 17.8 Å². The summed E-state index contributed by atoms with van der Waals surface area (Å²) < 4.78 is 5.24. The highest BCUT2D eigenvalue weighted by molar-refractivity contribution is 5.99. The Kier molecular flexibility index (Phi) is 5.24. The lowest BCUT2D eigenvalue weighted by Crippen LogP contribution is -2.32. The number of carbonyl (C=O) groups excluding carboxylic acids is 2. The van der Waals surface area contributed by atoms with Crippen LogP contribution in [0.5, 0.6) is 5.75 Å². The van der Waals surface area contributed by atoms with Crippen LogP contribution in [-0.2, 0) is 11.3 Å². The number of benzene rings is 2. The number of methoxy groups -OCH3 is 1. The fourth-order valence-corrected chi connectivity index (χ4v) is 3.59. The van der Waals surface area contributed by atoms with Crippen molar-refractivity contribution in [1.29, 1.82) is 0 Å².